The first-order chi connectivity index (χ1) is 13.5. The number of fused-ring (bicyclic) bond motifs is 3. The number of thiophene rings is 1. The van der Waals surface area contributed by atoms with Crippen LogP contribution in [0, 0.1) is 0 Å². The Labute approximate surface area is 172 Å². The largest absolute Gasteiger partial charge is 0.341 e. The van der Waals surface area contributed by atoms with E-state index in [-0.39, 0.29) is 17.9 Å². The molecule has 0 bridgehead atoms. The first-order valence-corrected chi connectivity index (χ1v) is 10.7. The summed E-state index contributed by atoms with van der Waals surface area (Å²) < 4.78 is 1.58. The van der Waals surface area contributed by atoms with Crippen molar-refractivity contribution in [3.8, 4) is 0 Å². The normalized spacial score (nSPS) is 13.5. The topological polar surface area (TPSA) is 55.2 Å². The summed E-state index contributed by atoms with van der Waals surface area (Å²) in [4.78, 5) is 33.8. The number of hydrogen-bond acceptors (Lipinski definition) is 4. The Hall–Kier alpha value is -2.18. The van der Waals surface area contributed by atoms with Gasteiger partial charge in [-0.2, -0.15) is 0 Å². The molecule has 146 valence electrons. The van der Waals surface area contributed by atoms with Gasteiger partial charge in [-0.3, -0.25) is 14.2 Å². The van der Waals surface area contributed by atoms with Crippen molar-refractivity contribution in [2.45, 2.75) is 45.2 Å². The van der Waals surface area contributed by atoms with Crippen LogP contribution < -0.4 is 5.56 Å². The molecular formula is C21H22ClN3O2S. The third-order valence-electron chi connectivity index (χ3n) is 5.27. The highest BCUT2D eigenvalue weighted by Gasteiger charge is 2.20. The first kappa shape index (κ1) is 19.2. The van der Waals surface area contributed by atoms with Crippen molar-refractivity contribution < 1.29 is 4.79 Å². The number of aryl methyl sites for hydroxylation is 3. The van der Waals surface area contributed by atoms with E-state index in [4.69, 9.17) is 11.6 Å². The molecular weight excluding hydrogens is 394 g/mol. The van der Waals surface area contributed by atoms with E-state index in [9.17, 15) is 9.59 Å². The summed E-state index contributed by atoms with van der Waals surface area (Å²) >= 11 is 7.55. The van der Waals surface area contributed by atoms with Crippen LogP contribution >= 0.6 is 22.9 Å². The van der Waals surface area contributed by atoms with E-state index in [1.807, 2.05) is 24.3 Å². The molecule has 0 saturated heterocycles. The zero-order valence-corrected chi connectivity index (χ0v) is 17.4. The van der Waals surface area contributed by atoms with Gasteiger partial charge in [0.05, 0.1) is 11.7 Å². The Bertz CT molecular complexity index is 1070. The van der Waals surface area contributed by atoms with Crippen molar-refractivity contribution in [3.05, 3.63) is 62.0 Å². The van der Waals surface area contributed by atoms with Gasteiger partial charge in [0.1, 0.15) is 4.83 Å². The minimum atomic E-state index is -0.0162. The van der Waals surface area contributed by atoms with Gasteiger partial charge in [-0.1, -0.05) is 23.7 Å². The van der Waals surface area contributed by atoms with E-state index in [0.717, 1.165) is 35.0 Å². The molecule has 0 unspecified atom stereocenters. The molecule has 0 saturated carbocycles. The highest BCUT2D eigenvalue weighted by molar-refractivity contribution is 7.18. The van der Waals surface area contributed by atoms with Crippen molar-refractivity contribution in [2.75, 3.05) is 7.05 Å². The second kappa shape index (κ2) is 8.05. The van der Waals surface area contributed by atoms with Crippen molar-refractivity contribution in [1.29, 1.82) is 0 Å². The summed E-state index contributed by atoms with van der Waals surface area (Å²) in [6, 6.07) is 7.46. The van der Waals surface area contributed by atoms with Crippen LogP contribution in [0.3, 0.4) is 0 Å². The predicted molar refractivity (Wildman–Crippen MR) is 113 cm³/mol. The molecule has 0 radical (unpaired) electrons. The predicted octanol–water partition coefficient (Wildman–Crippen LogP) is 4.04. The summed E-state index contributed by atoms with van der Waals surface area (Å²) in [5.74, 6) is -0.00528. The van der Waals surface area contributed by atoms with Crippen molar-refractivity contribution in [2.24, 2.45) is 0 Å². The van der Waals surface area contributed by atoms with Crippen LogP contribution in [0.2, 0.25) is 5.02 Å². The minimum absolute atomic E-state index is 0.00528. The highest BCUT2D eigenvalue weighted by Crippen LogP contribution is 2.33. The lowest BCUT2D eigenvalue weighted by Gasteiger charge is -2.17. The van der Waals surface area contributed by atoms with Crippen LogP contribution in [0.4, 0.5) is 0 Å². The van der Waals surface area contributed by atoms with E-state index < -0.39 is 0 Å². The van der Waals surface area contributed by atoms with Crippen LogP contribution in [0.15, 0.2) is 35.4 Å². The Balaban J connectivity index is 1.46. The van der Waals surface area contributed by atoms with Crippen LogP contribution in [0.5, 0.6) is 0 Å². The third kappa shape index (κ3) is 3.84. The molecule has 1 aromatic carbocycles. The average Bonchev–Trinajstić information content (AvgIpc) is 3.08. The summed E-state index contributed by atoms with van der Waals surface area (Å²) in [7, 11) is 1.77. The summed E-state index contributed by atoms with van der Waals surface area (Å²) in [6.07, 6.45) is 6.16. The van der Waals surface area contributed by atoms with Gasteiger partial charge in [-0.15, -0.1) is 11.3 Å². The molecule has 0 spiro atoms. The minimum Gasteiger partial charge on any atom is -0.341 e. The zero-order chi connectivity index (χ0) is 19.7. The van der Waals surface area contributed by atoms with Crippen molar-refractivity contribution >= 4 is 39.1 Å². The van der Waals surface area contributed by atoms with Gasteiger partial charge in [-0.05, 0) is 48.9 Å². The third-order valence-corrected chi connectivity index (χ3v) is 6.72. The van der Waals surface area contributed by atoms with Gasteiger partial charge < -0.3 is 4.90 Å². The Kier molecular flexibility index (Phi) is 5.51. The lowest BCUT2D eigenvalue weighted by atomic mass is 9.97. The fraction of sp³-hybridized carbons (Fsp3) is 0.381. The fourth-order valence-electron chi connectivity index (χ4n) is 3.70. The van der Waals surface area contributed by atoms with Crippen LogP contribution in [0.25, 0.3) is 10.2 Å². The van der Waals surface area contributed by atoms with E-state index in [2.05, 4.69) is 4.98 Å². The van der Waals surface area contributed by atoms with Crippen LogP contribution in [0.1, 0.15) is 35.3 Å². The Morgan fingerprint density at radius 3 is 2.79 bits per heavy atom. The lowest BCUT2D eigenvalue weighted by molar-refractivity contribution is -0.130. The number of hydrogen-bond donors (Lipinski definition) is 0. The maximum Gasteiger partial charge on any atom is 0.262 e. The SMILES string of the molecule is CN(Cc1ccc(Cl)cc1)C(=O)CCn1cnc2sc3c(c2c1=O)CCCC3. The quantitative estimate of drug-likeness (QED) is 0.632. The molecule has 0 fully saturated rings. The molecule has 5 nitrogen and oxygen atoms in total. The molecule has 28 heavy (non-hydrogen) atoms. The number of carbonyl (C=O) groups excluding carboxylic acids is 1. The fourth-order valence-corrected chi connectivity index (χ4v) is 5.04. The molecule has 2 heterocycles. The monoisotopic (exact) mass is 415 g/mol. The number of carbonyl (C=O) groups is 1. The summed E-state index contributed by atoms with van der Waals surface area (Å²) in [5, 5.41) is 1.44. The lowest BCUT2D eigenvalue weighted by Crippen LogP contribution is -2.29. The van der Waals surface area contributed by atoms with Gasteiger partial charge in [0.2, 0.25) is 5.91 Å². The molecule has 1 aliphatic rings. The second-order valence-electron chi connectivity index (χ2n) is 7.26. The second-order valence-corrected chi connectivity index (χ2v) is 8.78. The molecule has 7 heteroatoms. The van der Waals surface area contributed by atoms with Gasteiger partial charge in [0.25, 0.3) is 5.56 Å². The first-order valence-electron chi connectivity index (χ1n) is 9.51. The molecule has 3 aromatic rings. The molecule has 1 aliphatic carbocycles. The van der Waals surface area contributed by atoms with Crippen LogP contribution in [-0.4, -0.2) is 27.4 Å². The number of halogens is 1. The smallest absolute Gasteiger partial charge is 0.262 e. The number of rotatable bonds is 5. The number of benzene rings is 1. The van der Waals surface area contributed by atoms with Crippen molar-refractivity contribution in [1.82, 2.24) is 14.5 Å². The van der Waals surface area contributed by atoms with Gasteiger partial charge in [0, 0.05) is 36.5 Å². The van der Waals surface area contributed by atoms with E-state index in [0.29, 0.717) is 18.1 Å². The summed E-state index contributed by atoms with van der Waals surface area (Å²) in [5.41, 5.74) is 2.19. The Morgan fingerprint density at radius 1 is 1.25 bits per heavy atom. The average molecular weight is 416 g/mol. The van der Waals surface area contributed by atoms with E-state index >= 15 is 0 Å². The van der Waals surface area contributed by atoms with Crippen LogP contribution in [-0.2, 0) is 30.7 Å². The molecule has 1 amide bonds. The number of nitrogens with zero attached hydrogens (tertiary/aromatic N) is 3. The zero-order valence-electron chi connectivity index (χ0n) is 15.8. The maximum absolute atomic E-state index is 13.0. The Morgan fingerprint density at radius 2 is 2.00 bits per heavy atom. The van der Waals surface area contributed by atoms with Crippen molar-refractivity contribution in [3.63, 3.8) is 0 Å². The van der Waals surface area contributed by atoms with Gasteiger partial charge >= 0.3 is 0 Å². The van der Waals surface area contributed by atoms with E-state index in [1.165, 1.54) is 16.9 Å². The molecule has 0 aliphatic heterocycles. The highest BCUT2D eigenvalue weighted by atomic mass is 35.5. The van der Waals surface area contributed by atoms with Gasteiger partial charge in [0.15, 0.2) is 0 Å². The molecule has 2 aromatic heterocycles. The standard InChI is InChI=1S/C21H22ClN3O2S/c1-24(12-14-6-8-15(22)9-7-14)18(26)10-11-25-13-23-20-19(21(25)27)16-4-2-3-5-17(16)28-20/h6-9,13H,2-5,10-12H2,1H3. The van der Waals surface area contributed by atoms with Gasteiger partial charge in [-0.25, -0.2) is 4.98 Å². The molecule has 0 atom stereocenters. The summed E-state index contributed by atoms with van der Waals surface area (Å²) in [6.45, 7) is 0.858. The van der Waals surface area contributed by atoms with E-state index in [1.54, 1.807) is 34.2 Å². The maximum atomic E-state index is 13.0. The molecule has 4 rings (SSSR count). The number of aromatic nitrogens is 2. The molecule has 0 N–H and O–H groups in total. The number of amides is 1.